The molecule has 0 heterocycles. The highest BCUT2D eigenvalue weighted by molar-refractivity contribution is 6.31. The van der Waals surface area contributed by atoms with Crippen molar-refractivity contribution in [3.8, 4) is 0 Å². The van der Waals surface area contributed by atoms with Crippen LogP contribution in [0.15, 0.2) is 42.5 Å². The summed E-state index contributed by atoms with van der Waals surface area (Å²) in [6.45, 7) is 4.22. The van der Waals surface area contributed by atoms with Gasteiger partial charge in [-0.2, -0.15) is 0 Å². The molecule has 0 saturated carbocycles. The quantitative estimate of drug-likeness (QED) is 0.878. The standard InChI is InChI=1S/C16H18ClN/c1-11-7-8-14(9-12(11)2)16(18)10-13-5-3-4-6-15(13)17/h3-9,16H,10,18H2,1-2H3. The molecule has 0 aromatic heterocycles. The van der Waals surface area contributed by atoms with Crippen molar-refractivity contribution in [2.75, 3.05) is 0 Å². The molecule has 0 aliphatic rings. The zero-order valence-electron chi connectivity index (χ0n) is 10.8. The average Bonchev–Trinajstić information content (AvgIpc) is 2.35. The van der Waals surface area contributed by atoms with Crippen LogP contribution in [0.4, 0.5) is 0 Å². The zero-order chi connectivity index (χ0) is 13.1. The molecule has 0 spiro atoms. The molecule has 0 fully saturated rings. The Labute approximate surface area is 114 Å². The first-order chi connectivity index (χ1) is 8.58. The summed E-state index contributed by atoms with van der Waals surface area (Å²) in [6, 6.07) is 14.2. The number of rotatable bonds is 3. The van der Waals surface area contributed by atoms with Crippen LogP contribution in [0.2, 0.25) is 5.02 Å². The first-order valence-electron chi connectivity index (χ1n) is 6.14. The highest BCUT2D eigenvalue weighted by Crippen LogP contribution is 2.23. The summed E-state index contributed by atoms with van der Waals surface area (Å²) in [5, 5.41) is 0.789. The predicted octanol–water partition coefficient (Wildman–Crippen LogP) is 4.20. The van der Waals surface area contributed by atoms with E-state index in [0.717, 1.165) is 22.6 Å². The Morgan fingerprint density at radius 2 is 1.78 bits per heavy atom. The Hall–Kier alpha value is -1.31. The van der Waals surface area contributed by atoms with Crippen molar-refractivity contribution >= 4 is 11.6 Å². The Morgan fingerprint density at radius 3 is 2.44 bits per heavy atom. The molecule has 0 saturated heterocycles. The van der Waals surface area contributed by atoms with Gasteiger partial charge in [0, 0.05) is 11.1 Å². The van der Waals surface area contributed by atoms with Gasteiger partial charge in [0.15, 0.2) is 0 Å². The van der Waals surface area contributed by atoms with Crippen LogP contribution in [-0.2, 0) is 6.42 Å². The Bertz CT molecular complexity index is 549. The third-order valence-corrected chi connectivity index (χ3v) is 3.73. The highest BCUT2D eigenvalue weighted by atomic mass is 35.5. The average molecular weight is 260 g/mol. The third-order valence-electron chi connectivity index (χ3n) is 3.36. The van der Waals surface area contributed by atoms with Crippen molar-refractivity contribution in [1.29, 1.82) is 0 Å². The van der Waals surface area contributed by atoms with Gasteiger partial charge < -0.3 is 5.73 Å². The van der Waals surface area contributed by atoms with Gasteiger partial charge >= 0.3 is 0 Å². The third kappa shape index (κ3) is 2.92. The molecule has 1 nitrogen and oxygen atoms in total. The van der Waals surface area contributed by atoms with Gasteiger partial charge in [-0.25, -0.2) is 0 Å². The molecule has 0 radical (unpaired) electrons. The lowest BCUT2D eigenvalue weighted by Gasteiger charge is -2.14. The summed E-state index contributed by atoms with van der Waals surface area (Å²) in [7, 11) is 0. The van der Waals surface area contributed by atoms with E-state index in [0.29, 0.717) is 0 Å². The van der Waals surface area contributed by atoms with Gasteiger partial charge in [-0.1, -0.05) is 48.0 Å². The second-order valence-electron chi connectivity index (χ2n) is 4.75. The van der Waals surface area contributed by atoms with E-state index in [9.17, 15) is 0 Å². The molecule has 0 aliphatic carbocycles. The summed E-state index contributed by atoms with van der Waals surface area (Å²) in [5.41, 5.74) is 11.1. The van der Waals surface area contributed by atoms with Crippen LogP contribution in [-0.4, -0.2) is 0 Å². The monoisotopic (exact) mass is 259 g/mol. The Kier molecular flexibility index (Phi) is 4.05. The number of aryl methyl sites for hydroxylation is 2. The second-order valence-corrected chi connectivity index (χ2v) is 5.15. The van der Waals surface area contributed by atoms with Gasteiger partial charge in [0.1, 0.15) is 0 Å². The van der Waals surface area contributed by atoms with Gasteiger partial charge in [-0.15, -0.1) is 0 Å². The second kappa shape index (κ2) is 5.55. The van der Waals surface area contributed by atoms with Crippen molar-refractivity contribution in [3.05, 3.63) is 69.7 Å². The zero-order valence-corrected chi connectivity index (χ0v) is 11.5. The van der Waals surface area contributed by atoms with Crippen molar-refractivity contribution in [2.45, 2.75) is 26.3 Å². The van der Waals surface area contributed by atoms with Crippen LogP contribution in [0.25, 0.3) is 0 Å². The molecule has 0 bridgehead atoms. The summed E-state index contributed by atoms with van der Waals surface area (Å²) >= 11 is 6.16. The van der Waals surface area contributed by atoms with E-state index >= 15 is 0 Å². The summed E-state index contributed by atoms with van der Waals surface area (Å²) in [6.07, 6.45) is 0.766. The number of benzene rings is 2. The lowest BCUT2D eigenvalue weighted by atomic mass is 9.97. The molecule has 0 aliphatic heterocycles. The lowest BCUT2D eigenvalue weighted by Crippen LogP contribution is -2.13. The van der Waals surface area contributed by atoms with E-state index in [-0.39, 0.29) is 6.04 Å². The summed E-state index contributed by atoms with van der Waals surface area (Å²) < 4.78 is 0. The molecule has 1 unspecified atom stereocenters. The molecule has 2 rings (SSSR count). The predicted molar refractivity (Wildman–Crippen MR) is 78.0 cm³/mol. The fraction of sp³-hybridized carbons (Fsp3) is 0.250. The van der Waals surface area contributed by atoms with Gasteiger partial charge in [0.05, 0.1) is 0 Å². The number of halogens is 1. The molecule has 0 amide bonds. The Balaban J connectivity index is 2.19. The summed E-state index contributed by atoms with van der Waals surface area (Å²) in [5.74, 6) is 0. The SMILES string of the molecule is Cc1ccc(C(N)Cc2ccccc2Cl)cc1C. The molecular formula is C16H18ClN. The minimum atomic E-state index is -0.0100. The maximum atomic E-state index is 6.26. The molecule has 2 N–H and O–H groups in total. The van der Waals surface area contributed by atoms with E-state index in [1.54, 1.807) is 0 Å². The van der Waals surface area contributed by atoms with Crippen LogP contribution in [0.3, 0.4) is 0 Å². The summed E-state index contributed by atoms with van der Waals surface area (Å²) in [4.78, 5) is 0. The van der Waals surface area contributed by atoms with Crippen LogP contribution in [0, 0.1) is 13.8 Å². The molecule has 2 aromatic rings. The molecule has 2 aromatic carbocycles. The minimum Gasteiger partial charge on any atom is -0.324 e. The molecule has 18 heavy (non-hydrogen) atoms. The fourth-order valence-electron chi connectivity index (χ4n) is 2.01. The van der Waals surface area contributed by atoms with E-state index in [2.05, 4.69) is 32.0 Å². The van der Waals surface area contributed by atoms with E-state index in [1.165, 1.54) is 11.1 Å². The lowest BCUT2D eigenvalue weighted by molar-refractivity contribution is 0.721. The minimum absolute atomic E-state index is 0.0100. The van der Waals surface area contributed by atoms with Crippen LogP contribution in [0.1, 0.15) is 28.3 Å². The van der Waals surface area contributed by atoms with Crippen LogP contribution >= 0.6 is 11.6 Å². The maximum Gasteiger partial charge on any atom is 0.0438 e. The molecular weight excluding hydrogens is 242 g/mol. The first-order valence-corrected chi connectivity index (χ1v) is 6.52. The van der Waals surface area contributed by atoms with E-state index in [1.807, 2.05) is 24.3 Å². The maximum absolute atomic E-state index is 6.26. The smallest absolute Gasteiger partial charge is 0.0438 e. The van der Waals surface area contributed by atoms with Crippen LogP contribution < -0.4 is 5.73 Å². The molecule has 2 heteroatoms. The van der Waals surface area contributed by atoms with Gasteiger partial charge in [-0.05, 0) is 48.6 Å². The van der Waals surface area contributed by atoms with Crippen LogP contribution in [0.5, 0.6) is 0 Å². The van der Waals surface area contributed by atoms with E-state index < -0.39 is 0 Å². The topological polar surface area (TPSA) is 26.0 Å². The van der Waals surface area contributed by atoms with Crippen molar-refractivity contribution in [3.63, 3.8) is 0 Å². The van der Waals surface area contributed by atoms with E-state index in [4.69, 9.17) is 17.3 Å². The largest absolute Gasteiger partial charge is 0.324 e. The first kappa shape index (κ1) is 13.1. The van der Waals surface area contributed by atoms with Crippen molar-refractivity contribution in [2.24, 2.45) is 5.73 Å². The van der Waals surface area contributed by atoms with Crippen molar-refractivity contribution in [1.82, 2.24) is 0 Å². The van der Waals surface area contributed by atoms with Gasteiger partial charge in [0.2, 0.25) is 0 Å². The normalized spacial score (nSPS) is 12.4. The Morgan fingerprint density at radius 1 is 1.06 bits per heavy atom. The number of hydrogen-bond acceptors (Lipinski definition) is 1. The highest BCUT2D eigenvalue weighted by Gasteiger charge is 2.09. The fourth-order valence-corrected chi connectivity index (χ4v) is 2.23. The van der Waals surface area contributed by atoms with Gasteiger partial charge in [0.25, 0.3) is 0 Å². The number of nitrogens with two attached hydrogens (primary N) is 1. The molecule has 94 valence electrons. The number of hydrogen-bond donors (Lipinski definition) is 1. The van der Waals surface area contributed by atoms with Crippen molar-refractivity contribution < 1.29 is 0 Å². The molecule has 1 atom stereocenters. The van der Waals surface area contributed by atoms with Gasteiger partial charge in [-0.3, -0.25) is 0 Å².